The lowest BCUT2D eigenvalue weighted by molar-refractivity contribution is 1.44. The minimum absolute atomic E-state index is 0.982. The fourth-order valence-electron chi connectivity index (χ4n) is 4.65. The molecule has 0 amide bonds. The van der Waals surface area contributed by atoms with Crippen molar-refractivity contribution in [1.29, 1.82) is 0 Å². The van der Waals surface area contributed by atoms with E-state index in [1.54, 1.807) is 0 Å². The van der Waals surface area contributed by atoms with Crippen molar-refractivity contribution in [2.45, 2.75) is 13.8 Å². The molecule has 0 unspecified atom stereocenters. The highest BCUT2D eigenvalue weighted by Crippen LogP contribution is 2.30. The number of hydrogen-bond donors (Lipinski definition) is 0. The van der Waals surface area contributed by atoms with Gasteiger partial charge in [-0.3, -0.25) is 0 Å². The van der Waals surface area contributed by atoms with Crippen LogP contribution in [0.15, 0.2) is 152 Å². The summed E-state index contributed by atoms with van der Waals surface area (Å²) in [7, 11) is 0. The van der Waals surface area contributed by atoms with E-state index in [2.05, 4.69) is 160 Å². The molecule has 0 aliphatic carbocycles. The Morgan fingerprint density at radius 3 is 1.58 bits per heavy atom. The summed E-state index contributed by atoms with van der Waals surface area (Å²) in [5.74, 6) is 0. The molecule has 0 aromatic heterocycles. The van der Waals surface area contributed by atoms with E-state index in [1.165, 1.54) is 39.0 Å². The molecule has 0 heteroatoms. The first-order valence-corrected chi connectivity index (χ1v) is 13.0. The minimum Gasteiger partial charge on any atom is -0.0911 e. The van der Waals surface area contributed by atoms with Crippen molar-refractivity contribution in [3.63, 3.8) is 0 Å². The fourth-order valence-corrected chi connectivity index (χ4v) is 4.65. The van der Waals surface area contributed by atoms with Crippen molar-refractivity contribution in [2.24, 2.45) is 0 Å². The average Bonchev–Trinajstić information content (AvgIpc) is 2.98. The second kappa shape index (κ2) is 11.6. The summed E-state index contributed by atoms with van der Waals surface area (Å²) < 4.78 is 0. The van der Waals surface area contributed by atoms with Crippen molar-refractivity contribution < 1.29 is 0 Å². The Hall–Kier alpha value is -4.68. The molecule has 0 saturated carbocycles. The molecule has 0 aliphatic heterocycles. The molecule has 184 valence electrons. The topological polar surface area (TPSA) is 0 Å². The Morgan fingerprint density at radius 1 is 0.500 bits per heavy atom. The third kappa shape index (κ3) is 5.99. The number of rotatable bonds is 7. The van der Waals surface area contributed by atoms with Gasteiger partial charge in [-0.15, -0.1) is 0 Å². The molecule has 0 heterocycles. The quantitative estimate of drug-likeness (QED) is 0.200. The Bertz CT molecular complexity index is 1600. The summed E-state index contributed by atoms with van der Waals surface area (Å²) >= 11 is 0. The van der Waals surface area contributed by atoms with Gasteiger partial charge in [0, 0.05) is 0 Å². The van der Waals surface area contributed by atoms with Crippen LogP contribution < -0.4 is 0 Å². The van der Waals surface area contributed by atoms with E-state index >= 15 is 0 Å². The highest BCUT2D eigenvalue weighted by molar-refractivity contribution is 5.92. The molecule has 5 aromatic rings. The number of benzene rings is 5. The van der Waals surface area contributed by atoms with Crippen LogP contribution in [0.4, 0.5) is 0 Å². The Balaban J connectivity index is 1.57. The van der Waals surface area contributed by atoms with Gasteiger partial charge in [0.05, 0.1) is 0 Å². The lowest BCUT2D eigenvalue weighted by Crippen LogP contribution is -1.89. The van der Waals surface area contributed by atoms with Crippen LogP contribution >= 0.6 is 0 Å². The maximum absolute atomic E-state index is 4.49. The SMILES string of the molecule is C=C(/C=C(\C=C(/C)c1ccc(C)cc1)c1cccc(-c2ccccc2)c1)c1cccc(-c2ccccc2)c1. The summed E-state index contributed by atoms with van der Waals surface area (Å²) in [5, 5.41) is 0. The zero-order valence-electron chi connectivity index (χ0n) is 22.1. The van der Waals surface area contributed by atoms with Crippen LogP contribution in [0.2, 0.25) is 0 Å². The van der Waals surface area contributed by atoms with Crippen LogP contribution in [0.5, 0.6) is 0 Å². The van der Waals surface area contributed by atoms with E-state index in [4.69, 9.17) is 0 Å². The van der Waals surface area contributed by atoms with E-state index in [1.807, 2.05) is 6.07 Å². The third-order valence-corrected chi connectivity index (χ3v) is 6.85. The monoisotopic (exact) mass is 488 g/mol. The van der Waals surface area contributed by atoms with Crippen molar-refractivity contribution in [2.75, 3.05) is 0 Å². The Morgan fingerprint density at radius 2 is 1.00 bits per heavy atom. The molecule has 0 spiro atoms. The van der Waals surface area contributed by atoms with Gasteiger partial charge in [-0.25, -0.2) is 0 Å². The molecule has 0 N–H and O–H groups in total. The molecule has 38 heavy (non-hydrogen) atoms. The van der Waals surface area contributed by atoms with Crippen LogP contribution in [-0.2, 0) is 0 Å². The molecule has 0 nitrogen and oxygen atoms in total. The fraction of sp³-hybridized carbons (Fsp3) is 0.0526. The first-order valence-electron chi connectivity index (χ1n) is 13.0. The summed E-state index contributed by atoms with van der Waals surface area (Å²) in [5.41, 5.74) is 12.9. The van der Waals surface area contributed by atoms with Crippen LogP contribution in [0.1, 0.15) is 29.2 Å². The summed E-state index contributed by atoms with van der Waals surface area (Å²) in [6, 6.07) is 47.1. The van der Waals surface area contributed by atoms with Crippen LogP contribution in [0, 0.1) is 6.92 Å². The number of hydrogen-bond acceptors (Lipinski definition) is 0. The standard InChI is InChI=1S/C38H32/c1-28-20-22-31(23-21-28)29(2)24-38(37-19-11-18-36(27-37)33-14-8-5-9-15-33)25-30(3)34-16-10-17-35(26-34)32-12-6-4-7-13-32/h4-27H,3H2,1-2H3/b29-24+,38-25+. The molecule has 0 atom stereocenters. The van der Waals surface area contributed by atoms with Crippen LogP contribution in [0.25, 0.3) is 39.0 Å². The maximum Gasteiger partial charge on any atom is -0.0175 e. The predicted molar refractivity (Wildman–Crippen MR) is 166 cm³/mol. The minimum atomic E-state index is 0.982. The lowest BCUT2D eigenvalue weighted by Gasteiger charge is -2.12. The van der Waals surface area contributed by atoms with Crippen molar-refractivity contribution in [3.8, 4) is 22.3 Å². The maximum atomic E-state index is 4.49. The van der Waals surface area contributed by atoms with E-state index in [0.717, 1.165) is 22.3 Å². The molecule has 0 fully saturated rings. The summed E-state index contributed by atoms with van der Waals surface area (Å²) in [4.78, 5) is 0. The summed E-state index contributed by atoms with van der Waals surface area (Å²) in [6.07, 6.45) is 4.49. The average molecular weight is 489 g/mol. The van der Waals surface area contributed by atoms with Gasteiger partial charge in [-0.05, 0) is 87.7 Å². The molecule has 5 rings (SSSR count). The molecule has 0 saturated heterocycles. The van der Waals surface area contributed by atoms with Gasteiger partial charge in [0.1, 0.15) is 0 Å². The number of aryl methyl sites for hydroxylation is 1. The first-order chi connectivity index (χ1) is 18.6. The second-order valence-corrected chi connectivity index (χ2v) is 9.71. The zero-order valence-corrected chi connectivity index (χ0v) is 22.1. The number of allylic oxidation sites excluding steroid dienone is 5. The highest BCUT2D eigenvalue weighted by atomic mass is 14.1. The largest absolute Gasteiger partial charge is 0.0911 e. The molecule has 0 radical (unpaired) electrons. The molecule has 0 bridgehead atoms. The van der Waals surface area contributed by atoms with E-state index in [-0.39, 0.29) is 0 Å². The van der Waals surface area contributed by atoms with Gasteiger partial charge in [0.15, 0.2) is 0 Å². The van der Waals surface area contributed by atoms with Crippen molar-refractivity contribution in [3.05, 3.63) is 174 Å². The molecule has 0 aliphatic rings. The normalized spacial score (nSPS) is 11.8. The van der Waals surface area contributed by atoms with Crippen molar-refractivity contribution >= 4 is 16.7 Å². The van der Waals surface area contributed by atoms with E-state index in [0.29, 0.717) is 0 Å². The molecule has 5 aromatic carbocycles. The van der Waals surface area contributed by atoms with Gasteiger partial charge >= 0.3 is 0 Å². The summed E-state index contributed by atoms with van der Waals surface area (Å²) in [6.45, 7) is 8.79. The van der Waals surface area contributed by atoms with Gasteiger partial charge in [0.2, 0.25) is 0 Å². The third-order valence-electron chi connectivity index (χ3n) is 6.85. The van der Waals surface area contributed by atoms with Gasteiger partial charge in [-0.1, -0.05) is 140 Å². The molecular formula is C38H32. The lowest BCUT2D eigenvalue weighted by atomic mass is 9.93. The van der Waals surface area contributed by atoms with Gasteiger partial charge in [-0.2, -0.15) is 0 Å². The van der Waals surface area contributed by atoms with Crippen LogP contribution in [0.3, 0.4) is 0 Å². The molecular weight excluding hydrogens is 456 g/mol. The highest BCUT2D eigenvalue weighted by Gasteiger charge is 2.07. The van der Waals surface area contributed by atoms with E-state index < -0.39 is 0 Å². The van der Waals surface area contributed by atoms with Gasteiger partial charge < -0.3 is 0 Å². The van der Waals surface area contributed by atoms with E-state index in [9.17, 15) is 0 Å². The smallest absolute Gasteiger partial charge is 0.0175 e. The van der Waals surface area contributed by atoms with Crippen LogP contribution in [-0.4, -0.2) is 0 Å². The van der Waals surface area contributed by atoms with Gasteiger partial charge in [0.25, 0.3) is 0 Å². The zero-order chi connectivity index (χ0) is 26.3. The van der Waals surface area contributed by atoms with Crippen molar-refractivity contribution in [1.82, 2.24) is 0 Å². The Labute approximate surface area is 227 Å². The first kappa shape index (κ1) is 25.0. The predicted octanol–water partition coefficient (Wildman–Crippen LogP) is 10.5. The Kier molecular flexibility index (Phi) is 7.62. The second-order valence-electron chi connectivity index (χ2n) is 9.71.